The van der Waals surface area contributed by atoms with Gasteiger partial charge in [-0.25, -0.2) is 0 Å². The van der Waals surface area contributed by atoms with Crippen LogP contribution in [0.5, 0.6) is 0 Å². The van der Waals surface area contributed by atoms with E-state index in [1.807, 2.05) is 13.0 Å². The highest BCUT2D eigenvalue weighted by Crippen LogP contribution is 2.36. The van der Waals surface area contributed by atoms with Crippen molar-refractivity contribution in [2.45, 2.75) is 39.0 Å². The standard InChI is InChI=1S/C18H24N2O/c1-14-8-9-15-6-5-7-16(17(15)20-14)19-12-18(13-21)10-3-2-4-11-18/h5-9,19,21H,2-4,10-13H2,1H3. The molecule has 3 nitrogen and oxygen atoms in total. The van der Waals surface area contributed by atoms with Gasteiger partial charge < -0.3 is 10.4 Å². The number of aromatic nitrogens is 1. The Labute approximate surface area is 126 Å². The molecule has 1 aliphatic carbocycles. The number of nitrogens with one attached hydrogen (secondary N) is 1. The van der Waals surface area contributed by atoms with Gasteiger partial charge in [-0.1, -0.05) is 37.5 Å². The van der Waals surface area contributed by atoms with Crippen LogP contribution in [0.2, 0.25) is 0 Å². The first-order valence-corrected chi connectivity index (χ1v) is 7.94. The number of aliphatic hydroxyl groups excluding tert-OH is 1. The van der Waals surface area contributed by atoms with Gasteiger partial charge in [-0.2, -0.15) is 0 Å². The SMILES string of the molecule is Cc1ccc2cccc(NCC3(CO)CCCCC3)c2n1. The summed E-state index contributed by atoms with van der Waals surface area (Å²) in [6.45, 7) is 3.13. The quantitative estimate of drug-likeness (QED) is 0.895. The van der Waals surface area contributed by atoms with Crippen LogP contribution < -0.4 is 5.32 Å². The van der Waals surface area contributed by atoms with Gasteiger partial charge in [-0.3, -0.25) is 4.98 Å². The monoisotopic (exact) mass is 284 g/mol. The van der Waals surface area contributed by atoms with Gasteiger partial charge in [-0.05, 0) is 31.9 Å². The lowest BCUT2D eigenvalue weighted by molar-refractivity contribution is 0.0944. The minimum atomic E-state index is 0.0459. The molecule has 1 heterocycles. The van der Waals surface area contributed by atoms with E-state index in [1.165, 1.54) is 19.3 Å². The van der Waals surface area contributed by atoms with Crippen molar-refractivity contribution >= 4 is 16.6 Å². The zero-order valence-electron chi connectivity index (χ0n) is 12.7. The zero-order chi connectivity index (χ0) is 14.7. The van der Waals surface area contributed by atoms with Crippen molar-refractivity contribution < 1.29 is 5.11 Å². The predicted molar refractivity (Wildman–Crippen MR) is 87.6 cm³/mol. The molecule has 2 aromatic rings. The highest BCUT2D eigenvalue weighted by atomic mass is 16.3. The Kier molecular flexibility index (Phi) is 4.11. The summed E-state index contributed by atoms with van der Waals surface area (Å²) in [6.07, 6.45) is 6.00. The molecule has 3 rings (SSSR count). The lowest BCUT2D eigenvalue weighted by atomic mass is 9.74. The van der Waals surface area contributed by atoms with Gasteiger partial charge in [0.05, 0.1) is 17.8 Å². The molecular weight excluding hydrogens is 260 g/mol. The van der Waals surface area contributed by atoms with Gasteiger partial charge in [0, 0.05) is 23.0 Å². The summed E-state index contributed by atoms with van der Waals surface area (Å²) < 4.78 is 0. The summed E-state index contributed by atoms with van der Waals surface area (Å²) in [5, 5.41) is 14.5. The smallest absolute Gasteiger partial charge is 0.0936 e. The van der Waals surface area contributed by atoms with Crippen LogP contribution in [0.3, 0.4) is 0 Å². The van der Waals surface area contributed by atoms with Crippen LogP contribution in [0, 0.1) is 12.3 Å². The molecule has 0 bridgehead atoms. The van der Waals surface area contributed by atoms with Crippen molar-refractivity contribution in [2.75, 3.05) is 18.5 Å². The Bertz CT molecular complexity index is 618. The fourth-order valence-corrected chi connectivity index (χ4v) is 3.36. The summed E-state index contributed by atoms with van der Waals surface area (Å²) in [4.78, 5) is 4.66. The number of nitrogens with zero attached hydrogens (tertiary/aromatic N) is 1. The van der Waals surface area contributed by atoms with Crippen LogP contribution in [0.25, 0.3) is 10.9 Å². The van der Waals surface area contributed by atoms with E-state index in [0.717, 1.165) is 41.7 Å². The number of anilines is 1. The number of pyridine rings is 1. The van der Waals surface area contributed by atoms with E-state index in [0.29, 0.717) is 0 Å². The molecule has 1 aromatic heterocycles. The molecule has 0 aliphatic heterocycles. The highest BCUT2D eigenvalue weighted by molar-refractivity contribution is 5.90. The molecule has 2 N–H and O–H groups in total. The summed E-state index contributed by atoms with van der Waals surface area (Å²) in [5.41, 5.74) is 3.19. The van der Waals surface area contributed by atoms with Crippen LogP contribution >= 0.6 is 0 Å². The predicted octanol–water partition coefficient (Wildman–Crippen LogP) is 3.90. The van der Waals surface area contributed by atoms with Crippen molar-refractivity contribution in [3.63, 3.8) is 0 Å². The topological polar surface area (TPSA) is 45.1 Å². The molecule has 1 fully saturated rings. The second kappa shape index (κ2) is 6.02. The average Bonchev–Trinajstić information content (AvgIpc) is 2.54. The highest BCUT2D eigenvalue weighted by Gasteiger charge is 2.31. The minimum absolute atomic E-state index is 0.0459. The number of benzene rings is 1. The fourth-order valence-electron chi connectivity index (χ4n) is 3.36. The first kappa shape index (κ1) is 14.3. The van der Waals surface area contributed by atoms with Gasteiger partial charge in [-0.15, -0.1) is 0 Å². The summed E-state index contributed by atoms with van der Waals surface area (Å²) in [6, 6.07) is 10.4. The number of hydrogen-bond donors (Lipinski definition) is 2. The Hall–Kier alpha value is -1.61. The Morgan fingerprint density at radius 3 is 2.71 bits per heavy atom. The van der Waals surface area contributed by atoms with E-state index in [-0.39, 0.29) is 12.0 Å². The molecule has 21 heavy (non-hydrogen) atoms. The minimum Gasteiger partial charge on any atom is -0.396 e. The van der Waals surface area contributed by atoms with Gasteiger partial charge >= 0.3 is 0 Å². The number of aryl methyl sites for hydroxylation is 1. The third-order valence-electron chi connectivity index (χ3n) is 4.76. The van der Waals surface area contributed by atoms with Crippen LogP contribution in [0.4, 0.5) is 5.69 Å². The van der Waals surface area contributed by atoms with E-state index in [4.69, 9.17) is 0 Å². The molecule has 1 aromatic carbocycles. The molecule has 0 atom stereocenters. The molecule has 0 unspecified atom stereocenters. The number of aliphatic hydroxyl groups is 1. The maximum absolute atomic E-state index is 9.82. The van der Waals surface area contributed by atoms with Gasteiger partial charge in [0.25, 0.3) is 0 Å². The van der Waals surface area contributed by atoms with Crippen molar-refractivity contribution in [1.29, 1.82) is 0 Å². The third-order valence-corrected chi connectivity index (χ3v) is 4.76. The van der Waals surface area contributed by atoms with Gasteiger partial charge in [0.1, 0.15) is 0 Å². The summed E-state index contributed by atoms with van der Waals surface area (Å²) in [5.74, 6) is 0. The first-order chi connectivity index (χ1) is 10.2. The number of rotatable bonds is 4. The molecular formula is C18H24N2O. The zero-order valence-corrected chi connectivity index (χ0v) is 12.7. The van der Waals surface area contributed by atoms with Crippen molar-refractivity contribution in [2.24, 2.45) is 5.41 Å². The van der Waals surface area contributed by atoms with E-state index in [2.05, 4.69) is 34.6 Å². The van der Waals surface area contributed by atoms with Crippen LogP contribution in [-0.4, -0.2) is 23.2 Å². The molecule has 0 radical (unpaired) electrons. The van der Waals surface area contributed by atoms with E-state index in [1.54, 1.807) is 0 Å². The summed E-state index contributed by atoms with van der Waals surface area (Å²) >= 11 is 0. The van der Waals surface area contributed by atoms with E-state index < -0.39 is 0 Å². The van der Waals surface area contributed by atoms with E-state index >= 15 is 0 Å². The molecule has 3 heteroatoms. The summed E-state index contributed by atoms with van der Waals surface area (Å²) in [7, 11) is 0. The molecule has 1 aliphatic rings. The van der Waals surface area contributed by atoms with Crippen LogP contribution in [0.1, 0.15) is 37.8 Å². The number of hydrogen-bond acceptors (Lipinski definition) is 3. The Morgan fingerprint density at radius 1 is 1.14 bits per heavy atom. The fraction of sp³-hybridized carbons (Fsp3) is 0.500. The maximum atomic E-state index is 9.82. The Balaban J connectivity index is 1.83. The Morgan fingerprint density at radius 2 is 1.95 bits per heavy atom. The molecule has 112 valence electrons. The molecule has 1 saturated carbocycles. The number of para-hydroxylation sites is 1. The second-order valence-corrected chi connectivity index (χ2v) is 6.40. The lowest BCUT2D eigenvalue weighted by Crippen LogP contribution is -2.35. The lowest BCUT2D eigenvalue weighted by Gasteiger charge is -2.36. The first-order valence-electron chi connectivity index (χ1n) is 7.94. The molecule has 0 spiro atoms. The van der Waals surface area contributed by atoms with Crippen LogP contribution in [-0.2, 0) is 0 Å². The molecule has 0 amide bonds. The molecule has 0 saturated heterocycles. The van der Waals surface area contributed by atoms with Crippen LogP contribution in [0.15, 0.2) is 30.3 Å². The van der Waals surface area contributed by atoms with E-state index in [9.17, 15) is 5.11 Å². The van der Waals surface area contributed by atoms with Crippen molar-refractivity contribution in [3.05, 3.63) is 36.0 Å². The van der Waals surface area contributed by atoms with Crippen molar-refractivity contribution in [3.8, 4) is 0 Å². The van der Waals surface area contributed by atoms with Crippen molar-refractivity contribution in [1.82, 2.24) is 4.98 Å². The normalized spacial score (nSPS) is 17.8. The third kappa shape index (κ3) is 3.03. The average molecular weight is 284 g/mol. The second-order valence-electron chi connectivity index (χ2n) is 6.40. The maximum Gasteiger partial charge on any atom is 0.0936 e. The van der Waals surface area contributed by atoms with Gasteiger partial charge in [0.2, 0.25) is 0 Å². The largest absolute Gasteiger partial charge is 0.396 e. The van der Waals surface area contributed by atoms with Gasteiger partial charge in [0.15, 0.2) is 0 Å². The number of fused-ring (bicyclic) bond motifs is 1.